The third-order valence-corrected chi connectivity index (χ3v) is 6.04. The average Bonchev–Trinajstić information content (AvgIpc) is 3.18. The SMILES string of the molecule is O=C(CCCc1c(-c2ccccn2)[nH]c2ccccc12)N1CCc2ccccc2C1. The molecule has 1 amide bonds. The molecule has 0 unspecified atom stereocenters. The molecule has 4 heteroatoms. The molecule has 0 fully saturated rings. The molecule has 5 rings (SSSR count). The minimum atomic E-state index is 0.253. The molecular weight excluding hydrogens is 370 g/mol. The van der Waals surface area contributed by atoms with Gasteiger partial charge < -0.3 is 9.88 Å². The Kier molecular flexibility index (Phi) is 5.06. The number of hydrogen-bond acceptors (Lipinski definition) is 2. The lowest BCUT2D eigenvalue weighted by atomic mass is 9.99. The van der Waals surface area contributed by atoms with Gasteiger partial charge in [0, 0.05) is 36.6 Å². The van der Waals surface area contributed by atoms with Crippen molar-refractivity contribution >= 4 is 16.8 Å². The van der Waals surface area contributed by atoms with Crippen LogP contribution in [0.25, 0.3) is 22.3 Å². The van der Waals surface area contributed by atoms with E-state index in [1.165, 1.54) is 22.1 Å². The van der Waals surface area contributed by atoms with Gasteiger partial charge in [0.05, 0.1) is 11.4 Å². The van der Waals surface area contributed by atoms with E-state index in [-0.39, 0.29) is 5.91 Å². The summed E-state index contributed by atoms with van der Waals surface area (Å²) in [5, 5.41) is 1.22. The third-order valence-electron chi connectivity index (χ3n) is 6.04. The smallest absolute Gasteiger partial charge is 0.222 e. The maximum Gasteiger partial charge on any atom is 0.222 e. The van der Waals surface area contributed by atoms with E-state index in [0.29, 0.717) is 6.42 Å². The Hall–Kier alpha value is -3.40. The largest absolute Gasteiger partial charge is 0.353 e. The standard InChI is InChI=1S/C26H25N3O/c30-25(29-17-15-19-8-1-2-9-20(19)18-29)14-7-11-22-21-10-3-4-12-23(21)28-26(22)24-13-5-6-16-27-24/h1-6,8-10,12-13,16,28H,7,11,14-15,17-18H2. The molecule has 0 bridgehead atoms. The van der Waals surface area contributed by atoms with Crippen LogP contribution >= 0.6 is 0 Å². The van der Waals surface area contributed by atoms with Crippen molar-refractivity contribution in [1.82, 2.24) is 14.9 Å². The summed E-state index contributed by atoms with van der Waals surface area (Å²) in [5.41, 5.74) is 7.04. The number of para-hydroxylation sites is 1. The van der Waals surface area contributed by atoms with Gasteiger partial charge in [-0.1, -0.05) is 48.5 Å². The van der Waals surface area contributed by atoms with Crippen LogP contribution in [-0.2, 0) is 24.2 Å². The number of fused-ring (bicyclic) bond motifs is 2. The minimum absolute atomic E-state index is 0.253. The van der Waals surface area contributed by atoms with Crippen molar-refractivity contribution in [3.8, 4) is 11.4 Å². The molecule has 0 atom stereocenters. The zero-order chi connectivity index (χ0) is 20.3. The monoisotopic (exact) mass is 395 g/mol. The number of hydrogen-bond donors (Lipinski definition) is 1. The lowest BCUT2D eigenvalue weighted by Gasteiger charge is -2.29. The molecule has 0 radical (unpaired) electrons. The first-order valence-electron chi connectivity index (χ1n) is 10.6. The van der Waals surface area contributed by atoms with Crippen molar-refractivity contribution in [3.05, 3.63) is 89.6 Å². The van der Waals surface area contributed by atoms with Gasteiger partial charge in [-0.25, -0.2) is 0 Å². The Labute approximate surface area is 176 Å². The Balaban J connectivity index is 1.30. The molecule has 1 aliphatic heterocycles. The maximum atomic E-state index is 12.9. The summed E-state index contributed by atoms with van der Waals surface area (Å²) in [6, 6.07) is 22.8. The topological polar surface area (TPSA) is 49.0 Å². The summed E-state index contributed by atoms with van der Waals surface area (Å²) in [5.74, 6) is 0.253. The number of amides is 1. The van der Waals surface area contributed by atoms with Gasteiger partial charge in [-0.3, -0.25) is 9.78 Å². The van der Waals surface area contributed by atoms with Gasteiger partial charge in [-0.2, -0.15) is 0 Å². The molecule has 150 valence electrons. The normalized spacial score (nSPS) is 13.4. The van der Waals surface area contributed by atoms with Crippen LogP contribution in [0.1, 0.15) is 29.5 Å². The predicted molar refractivity (Wildman–Crippen MR) is 120 cm³/mol. The highest BCUT2D eigenvalue weighted by atomic mass is 16.2. The second-order valence-corrected chi connectivity index (χ2v) is 7.93. The van der Waals surface area contributed by atoms with Gasteiger partial charge >= 0.3 is 0 Å². The number of H-pyrrole nitrogens is 1. The van der Waals surface area contributed by atoms with Gasteiger partial charge in [0.25, 0.3) is 0 Å². The lowest BCUT2D eigenvalue weighted by molar-refractivity contribution is -0.132. The van der Waals surface area contributed by atoms with E-state index < -0.39 is 0 Å². The highest BCUT2D eigenvalue weighted by Crippen LogP contribution is 2.30. The Morgan fingerprint density at radius 3 is 2.63 bits per heavy atom. The Morgan fingerprint density at radius 2 is 1.77 bits per heavy atom. The zero-order valence-electron chi connectivity index (χ0n) is 17.0. The highest BCUT2D eigenvalue weighted by molar-refractivity contribution is 5.90. The van der Waals surface area contributed by atoms with Crippen LogP contribution in [0.4, 0.5) is 0 Å². The number of carbonyl (C=O) groups is 1. The van der Waals surface area contributed by atoms with Crippen molar-refractivity contribution in [2.24, 2.45) is 0 Å². The quantitative estimate of drug-likeness (QED) is 0.509. The molecule has 4 nitrogen and oxygen atoms in total. The van der Waals surface area contributed by atoms with Crippen molar-refractivity contribution in [2.75, 3.05) is 6.54 Å². The molecular formula is C26H25N3O. The first-order valence-corrected chi connectivity index (χ1v) is 10.6. The number of aromatic nitrogens is 2. The van der Waals surface area contributed by atoms with Crippen LogP contribution in [0.5, 0.6) is 0 Å². The molecule has 0 aliphatic carbocycles. The Bertz CT molecular complexity index is 1180. The number of benzene rings is 2. The third kappa shape index (κ3) is 3.61. The summed E-state index contributed by atoms with van der Waals surface area (Å²) < 4.78 is 0. The van der Waals surface area contributed by atoms with E-state index >= 15 is 0 Å². The molecule has 2 aromatic heterocycles. The van der Waals surface area contributed by atoms with Gasteiger partial charge in [-0.15, -0.1) is 0 Å². The summed E-state index contributed by atoms with van der Waals surface area (Å²) in [4.78, 5) is 22.9. The summed E-state index contributed by atoms with van der Waals surface area (Å²) in [6.45, 7) is 1.56. The van der Waals surface area contributed by atoms with Crippen LogP contribution in [0.2, 0.25) is 0 Å². The van der Waals surface area contributed by atoms with Crippen molar-refractivity contribution in [3.63, 3.8) is 0 Å². The number of nitrogens with zero attached hydrogens (tertiary/aromatic N) is 2. The van der Waals surface area contributed by atoms with Crippen molar-refractivity contribution < 1.29 is 4.79 Å². The van der Waals surface area contributed by atoms with E-state index in [1.54, 1.807) is 0 Å². The molecule has 4 aromatic rings. The fourth-order valence-electron chi connectivity index (χ4n) is 4.47. The fraction of sp³-hybridized carbons (Fsp3) is 0.231. The van der Waals surface area contributed by atoms with Crippen LogP contribution in [0.3, 0.4) is 0 Å². The van der Waals surface area contributed by atoms with Crippen LogP contribution in [0, 0.1) is 0 Å². The van der Waals surface area contributed by atoms with E-state index in [1.807, 2.05) is 35.4 Å². The van der Waals surface area contributed by atoms with Crippen molar-refractivity contribution in [2.45, 2.75) is 32.2 Å². The second kappa shape index (κ2) is 8.15. The van der Waals surface area contributed by atoms with Crippen LogP contribution in [-0.4, -0.2) is 27.3 Å². The predicted octanol–water partition coefficient (Wildman–Crippen LogP) is 5.14. The molecule has 1 N–H and O–H groups in total. The van der Waals surface area contributed by atoms with Crippen LogP contribution < -0.4 is 0 Å². The lowest BCUT2D eigenvalue weighted by Crippen LogP contribution is -2.35. The second-order valence-electron chi connectivity index (χ2n) is 7.93. The number of pyridine rings is 1. The number of aromatic amines is 1. The summed E-state index contributed by atoms with van der Waals surface area (Å²) >= 11 is 0. The van der Waals surface area contributed by atoms with Crippen molar-refractivity contribution in [1.29, 1.82) is 0 Å². The Morgan fingerprint density at radius 1 is 0.967 bits per heavy atom. The zero-order valence-corrected chi connectivity index (χ0v) is 17.0. The van der Waals surface area contributed by atoms with Gasteiger partial charge in [0.2, 0.25) is 5.91 Å². The number of carbonyl (C=O) groups excluding carboxylic acids is 1. The highest BCUT2D eigenvalue weighted by Gasteiger charge is 2.20. The number of rotatable bonds is 5. The van der Waals surface area contributed by atoms with Gasteiger partial charge in [0.1, 0.15) is 0 Å². The minimum Gasteiger partial charge on any atom is -0.353 e. The molecule has 0 saturated carbocycles. The average molecular weight is 396 g/mol. The maximum absolute atomic E-state index is 12.9. The molecule has 0 saturated heterocycles. The first-order chi connectivity index (χ1) is 14.8. The van der Waals surface area contributed by atoms with Gasteiger partial charge in [0.15, 0.2) is 0 Å². The number of aryl methyl sites for hydroxylation is 1. The van der Waals surface area contributed by atoms with E-state index in [0.717, 1.165) is 49.3 Å². The van der Waals surface area contributed by atoms with E-state index in [2.05, 4.69) is 52.4 Å². The van der Waals surface area contributed by atoms with Gasteiger partial charge in [-0.05, 0) is 54.2 Å². The molecule has 3 heterocycles. The first kappa shape index (κ1) is 18.6. The molecule has 0 spiro atoms. The number of nitrogens with one attached hydrogen (secondary N) is 1. The fourth-order valence-corrected chi connectivity index (χ4v) is 4.47. The summed E-state index contributed by atoms with van der Waals surface area (Å²) in [6.07, 6.45) is 5.03. The summed E-state index contributed by atoms with van der Waals surface area (Å²) in [7, 11) is 0. The van der Waals surface area contributed by atoms with E-state index in [4.69, 9.17) is 0 Å². The molecule has 1 aliphatic rings. The molecule has 2 aromatic carbocycles. The van der Waals surface area contributed by atoms with Crippen LogP contribution in [0.15, 0.2) is 72.9 Å². The van der Waals surface area contributed by atoms with E-state index in [9.17, 15) is 4.79 Å². The molecule has 30 heavy (non-hydrogen) atoms.